The van der Waals surface area contributed by atoms with E-state index in [1.54, 1.807) is 30.5 Å². The van der Waals surface area contributed by atoms with Crippen LogP contribution in [0.1, 0.15) is 38.1 Å². The average Bonchev–Trinajstić information content (AvgIpc) is 2.72. The van der Waals surface area contributed by atoms with Gasteiger partial charge in [0.15, 0.2) is 18.1 Å². The van der Waals surface area contributed by atoms with Gasteiger partial charge in [0, 0.05) is 10.4 Å². The smallest absolute Gasteiger partial charge is 0.282 e. The van der Waals surface area contributed by atoms with E-state index < -0.39 is 0 Å². The van der Waals surface area contributed by atoms with Crippen LogP contribution in [0.15, 0.2) is 50.8 Å². The minimum absolute atomic E-state index is 0.00337. The van der Waals surface area contributed by atoms with Crippen molar-refractivity contribution in [2.24, 2.45) is 5.10 Å². The van der Waals surface area contributed by atoms with Gasteiger partial charge < -0.3 is 9.47 Å². The Morgan fingerprint density at radius 2 is 2.03 bits per heavy atom. The molecule has 0 spiro atoms. The quantitative estimate of drug-likeness (QED) is 0.477. The van der Waals surface area contributed by atoms with Gasteiger partial charge in [0.25, 0.3) is 5.56 Å². The third-order valence-corrected chi connectivity index (χ3v) is 4.73. The first-order valence-corrected chi connectivity index (χ1v) is 10.3. The second-order valence-corrected chi connectivity index (χ2v) is 7.65. The summed E-state index contributed by atoms with van der Waals surface area (Å²) in [4.78, 5) is 17.7. The number of ether oxygens (including phenoxy) is 2. The van der Waals surface area contributed by atoms with E-state index >= 15 is 0 Å². The molecule has 0 amide bonds. The Balaban J connectivity index is 2.06. The number of aromatic nitrogens is 2. The highest BCUT2D eigenvalue weighted by molar-refractivity contribution is 9.10. The number of benzene rings is 2. The lowest BCUT2D eigenvalue weighted by Crippen LogP contribution is -2.23. The highest BCUT2D eigenvalue weighted by atomic mass is 79.9. The second-order valence-electron chi connectivity index (χ2n) is 6.73. The molecule has 0 atom stereocenters. The van der Waals surface area contributed by atoms with Crippen molar-refractivity contribution in [3.8, 4) is 17.6 Å². The predicted molar refractivity (Wildman–Crippen MR) is 120 cm³/mol. The summed E-state index contributed by atoms with van der Waals surface area (Å²) in [6, 6.07) is 12.6. The molecular weight excluding hydrogens is 448 g/mol. The molecule has 1 heterocycles. The van der Waals surface area contributed by atoms with Crippen molar-refractivity contribution in [3.05, 3.63) is 62.6 Å². The molecule has 30 heavy (non-hydrogen) atoms. The standard InChI is InChI=1S/C22H21BrN4O3/c1-4-29-20-11-15(5-8-19(20)30-10-9-24)13-25-27-21(14(2)3)26-18-7-6-16(23)12-17(18)22(27)28/h5-8,11-14H,4,10H2,1-3H3. The Hall–Kier alpha value is -3.18. The van der Waals surface area contributed by atoms with E-state index in [1.807, 2.05) is 39.0 Å². The van der Waals surface area contributed by atoms with Crippen molar-refractivity contribution >= 4 is 33.0 Å². The van der Waals surface area contributed by atoms with Crippen LogP contribution in [-0.2, 0) is 0 Å². The van der Waals surface area contributed by atoms with Gasteiger partial charge in [0.05, 0.1) is 23.7 Å². The fourth-order valence-corrected chi connectivity index (χ4v) is 3.24. The molecule has 0 unspecified atom stereocenters. The highest BCUT2D eigenvalue weighted by Gasteiger charge is 2.14. The molecule has 0 saturated heterocycles. The Kier molecular flexibility index (Phi) is 6.85. The van der Waals surface area contributed by atoms with E-state index in [9.17, 15) is 4.79 Å². The van der Waals surface area contributed by atoms with E-state index in [2.05, 4.69) is 26.0 Å². The first-order chi connectivity index (χ1) is 14.4. The van der Waals surface area contributed by atoms with Crippen molar-refractivity contribution in [2.75, 3.05) is 13.2 Å². The third-order valence-electron chi connectivity index (χ3n) is 4.23. The molecule has 154 valence electrons. The maximum Gasteiger partial charge on any atom is 0.282 e. The monoisotopic (exact) mass is 468 g/mol. The minimum Gasteiger partial charge on any atom is -0.490 e. The number of fused-ring (bicyclic) bond motifs is 1. The minimum atomic E-state index is -0.236. The lowest BCUT2D eigenvalue weighted by molar-refractivity contribution is 0.298. The summed E-state index contributed by atoms with van der Waals surface area (Å²) in [6.45, 7) is 6.17. The molecule has 0 aliphatic rings. The molecule has 7 nitrogen and oxygen atoms in total. The van der Waals surface area contributed by atoms with Gasteiger partial charge in [-0.15, -0.1) is 0 Å². The molecule has 0 radical (unpaired) electrons. The van der Waals surface area contributed by atoms with Crippen LogP contribution in [0, 0.1) is 11.3 Å². The zero-order chi connectivity index (χ0) is 21.7. The fraction of sp³-hybridized carbons (Fsp3) is 0.273. The lowest BCUT2D eigenvalue weighted by Gasteiger charge is -2.12. The second kappa shape index (κ2) is 9.55. The predicted octanol–water partition coefficient (Wildman–Crippen LogP) is 4.47. The summed E-state index contributed by atoms with van der Waals surface area (Å²) >= 11 is 3.40. The van der Waals surface area contributed by atoms with Gasteiger partial charge in [-0.2, -0.15) is 15.0 Å². The molecule has 0 aliphatic carbocycles. The molecule has 0 fully saturated rings. The van der Waals surface area contributed by atoms with E-state index in [0.29, 0.717) is 34.8 Å². The van der Waals surface area contributed by atoms with E-state index in [1.165, 1.54) is 4.68 Å². The largest absolute Gasteiger partial charge is 0.490 e. The van der Waals surface area contributed by atoms with Crippen molar-refractivity contribution in [2.45, 2.75) is 26.7 Å². The van der Waals surface area contributed by atoms with Crippen LogP contribution in [0.3, 0.4) is 0 Å². The van der Waals surface area contributed by atoms with Crippen LogP contribution >= 0.6 is 15.9 Å². The van der Waals surface area contributed by atoms with Gasteiger partial charge in [0.2, 0.25) is 0 Å². The van der Waals surface area contributed by atoms with Crippen molar-refractivity contribution in [1.82, 2.24) is 9.66 Å². The van der Waals surface area contributed by atoms with Gasteiger partial charge >= 0.3 is 0 Å². The average molecular weight is 469 g/mol. The Morgan fingerprint density at radius 1 is 1.23 bits per heavy atom. The highest BCUT2D eigenvalue weighted by Crippen LogP contribution is 2.28. The van der Waals surface area contributed by atoms with Crippen molar-refractivity contribution < 1.29 is 9.47 Å². The first-order valence-electron chi connectivity index (χ1n) is 9.47. The SMILES string of the molecule is CCOc1cc(C=Nn2c(C(C)C)nc3ccc(Br)cc3c2=O)ccc1OCC#N. The summed E-state index contributed by atoms with van der Waals surface area (Å²) in [6.07, 6.45) is 1.58. The van der Waals surface area contributed by atoms with Crippen molar-refractivity contribution in [3.63, 3.8) is 0 Å². The van der Waals surface area contributed by atoms with E-state index in [4.69, 9.17) is 14.7 Å². The van der Waals surface area contributed by atoms with Crippen LogP contribution in [0.4, 0.5) is 0 Å². The van der Waals surface area contributed by atoms with Gasteiger partial charge in [0.1, 0.15) is 11.9 Å². The molecule has 0 bridgehead atoms. The molecule has 0 saturated carbocycles. The van der Waals surface area contributed by atoms with Gasteiger partial charge in [-0.1, -0.05) is 29.8 Å². The Labute approximate surface area is 182 Å². The summed E-state index contributed by atoms with van der Waals surface area (Å²) < 4.78 is 13.1. The zero-order valence-corrected chi connectivity index (χ0v) is 18.5. The maximum absolute atomic E-state index is 13.1. The molecule has 0 N–H and O–H groups in total. The number of nitrogens with zero attached hydrogens (tertiary/aromatic N) is 4. The summed E-state index contributed by atoms with van der Waals surface area (Å²) in [5, 5.41) is 13.6. The van der Waals surface area contributed by atoms with Crippen LogP contribution in [0.5, 0.6) is 11.5 Å². The Morgan fingerprint density at radius 3 is 2.73 bits per heavy atom. The number of halogens is 1. The molecule has 3 aromatic rings. The third kappa shape index (κ3) is 4.69. The Bertz CT molecular complexity index is 1200. The molecule has 3 rings (SSSR count). The summed E-state index contributed by atoms with van der Waals surface area (Å²) in [7, 11) is 0. The number of hydrogen-bond donors (Lipinski definition) is 0. The summed E-state index contributed by atoms with van der Waals surface area (Å²) in [5.41, 5.74) is 1.12. The van der Waals surface area contributed by atoms with Gasteiger partial charge in [-0.25, -0.2) is 4.98 Å². The topological polar surface area (TPSA) is 89.5 Å². The first kappa shape index (κ1) is 21.5. The van der Waals surface area contributed by atoms with E-state index in [0.717, 1.165) is 10.0 Å². The fourth-order valence-electron chi connectivity index (χ4n) is 2.88. The lowest BCUT2D eigenvalue weighted by atomic mass is 10.2. The van der Waals surface area contributed by atoms with Crippen LogP contribution in [0.25, 0.3) is 10.9 Å². The summed E-state index contributed by atoms with van der Waals surface area (Å²) in [5.74, 6) is 1.57. The number of nitriles is 1. The molecule has 1 aromatic heterocycles. The van der Waals surface area contributed by atoms with Crippen LogP contribution < -0.4 is 15.0 Å². The maximum atomic E-state index is 13.1. The van der Waals surface area contributed by atoms with Crippen LogP contribution in [0.2, 0.25) is 0 Å². The van der Waals surface area contributed by atoms with Crippen LogP contribution in [-0.4, -0.2) is 29.1 Å². The normalized spacial score (nSPS) is 11.2. The van der Waals surface area contributed by atoms with Gasteiger partial charge in [-0.3, -0.25) is 4.79 Å². The molecular formula is C22H21BrN4O3. The van der Waals surface area contributed by atoms with Gasteiger partial charge in [-0.05, 0) is 48.9 Å². The van der Waals surface area contributed by atoms with E-state index in [-0.39, 0.29) is 18.1 Å². The zero-order valence-electron chi connectivity index (χ0n) is 16.9. The molecule has 8 heteroatoms. The molecule has 2 aromatic carbocycles. The molecule has 0 aliphatic heterocycles. The number of rotatable bonds is 7. The number of hydrogen-bond acceptors (Lipinski definition) is 6. The van der Waals surface area contributed by atoms with Crippen molar-refractivity contribution in [1.29, 1.82) is 5.26 Å².